The highest BCUT2D eigenvalue weighted by atomic mass is 16.3. The molecule has 5 rings (SSSR count). The highest BCUT2D eigenvalue weighted by molar-refractivity contribution is 6.14. The molecule has 1 aromatic heterocycles. The number of hydrogen-bond donors (Lipinski definition) is 1. The number of aromatic nitrogens is 1. The Balaban J connectivity index is 2.02. The molecule has 1 N–H and O–H groups in total. The standard InChI is InChI=1S/C23H15NO/c25-16-12-13-20-22(14-16)24-21-11-4-3-9-19(21)23(20)18-10-5-7-15-6-1-2-8-17(15)18/h1-14,25H. The van der Waals surface area contributed by atoms with Gasteiger partial charge in [-0.3, -0.25) is 0 Å². The molecule has 4 aromatic carbocycles. The van der Waals surface area contributed by atoms with Gasteiger partial charge in [-0.05, 0) is 34.5 Å². The fourth-order valence-electron chi connectivity index (χ4n) is 3.61. The van der Waals surface area contributed by atoms with Crippen molar-refractivity contribution in [1.82, 2.24) is 4.98 Å². The molecule has 0 radical (unpaired) electrons. The average molecular weight is 321 g/mol. The summed E-state index contributed by atoms with van der Waals surface area (Å²) in [6, 6.07) is 28.4. The van der Waals surface area contributed by atoms with Crippen molar-refractivity contribution in [3.8, 4) is 16.9 Å². The topological polar surface area (TPSA) is 33.1 Å². The third kappa shape index (κ3) is 2.15. The second kappa shape index (κ2) is 5.32. The maximum atomic E-state index is 9.90. The zero-order valence-electron chi connectivity index (χ0n) is 13.5. The molecule has 5 aromatic rings. The maximum absolute atomic E-state index is 9.90. The molecule has 0 fully saturated rings. The zero-order chi connectivity index (χ0) is 16.8. The van der Waals surface area contributed by atoms with E-state index in [4.69, 9.17) is 4.98 Å². The maximum Gasteiger partial charge on any atom is 0.117 e. The van der Waals surface area contributed by atoms with Crippen molar-refractivity contribution in [2.75, 3.05) is 0 Å². The van der Waals surface area contributed by atoms with Gasteiger partial charge in [0, 0.05) is 22.4 Å². The van der Waals surface area contributed by atoms with Gasteiger partial charge in [-0.2, -0.15) is 0 Å². The summed E-state index contributed by atoms with van der Waals surface area (Å²) >= 11 is 0. The van der Waals surface area contributed by atoms with Crippen molar-refractivity contribution in [1.29, 1.82) is 0 Å². The summed E-state index contributed by atoms with van der Waals surface area (Å²) in [4.78, 5) is 4.74. The molecule has 2 heteroatoms. The SMILES string of the molecule is Oc1ccc2c(-c3cccc4ccccc34)c3ccccc3nc2c1. The Hall–Kier alpha value is -3.39. The number of phenolic OH excluding ortho intramolecular Hbond substituents is 1. The van der Waals surface area contributed by atoms with E-state index in [1.165, 1.54) is 16.3 Å². The summed E-state index contributed by atoms with van der Waals surface area (Å²) in [5, 5.41) is 14.5. The summed E-state index contributed by atoms with van der Waals surface area (Å²) in [6.07, 6.45) is 0. The van der Waals surface area contributed by atoms with Crippen LogP contribution in [0.5, 0.6) is 5.75 Å². The minimum Gasteiger partial charge on any atom is -0.508 e. The lowest BCUT2D eigenvalue weighted by atomic mass is 9.92. The van der Waals surface area contributed by atoms with Crippen molar-refractivity contribution in [3.63, 3.8) is 0 Å². The monoisotopic (exact) mass is 321 g/mol. The lowest BCUT2D eigenvalue weighted by Gasteiger charge is -2.13. The fraction of sp³-hybridized carbons (Fsp3) is 0. The molecule has 2 nitrogen and oxygen atoms in total. The molecule has 1 heterocycles. The van der Waals surface area contributed by atoms with Crippen LogP contribution < -0.4 is 0 Å². The third-order valence-electron chi connectivity index (χ3n) is 4.72. The molecule has 0 atom stereocenters. The Labute approximate surface area is 145 Å². The molecule has 0 spiro atoms. The van der Waals surface area contributed by atoms with E-state index in [1.807, 2.05) is 24.3 Å². The molecule has 0 aliphatic rings. The van der Waals surface area contributed by atoms with Crippen LogP contribution in [0.15, 0.2) is 84.9 Å². The second-order valence-corrected chi connectivity index (χ2v) is 6.23. The molecular formula is C23H15NO. The average Bonchev–Trinajstić information content (AvgIpc) is 2.65. The fourth-order valence-corrected chi connectivity index (χ4v) is 3.61. The molecule has 0 aliphatic carbocycles. The highest BCUT2D eigenvalue weighted by Gasteiger charge is 2.13. The predicted molar refractivity (Wildman–Crippen MR) is 104 cm³/mol. The van der Waals surface area contributed by atoms with E-state index in [2.05, 4.69) is 48.5 Å². The van der Waals surface area contributed by atoms with Gasteiger partial charge in [0.1, 0.15) is 5.75 Å². The molecule has 118 valence electrons. The molecule has 0 unspecified atom stereocenters. The molecule has 0 aliphatic heterocycles. The summed E-state index contributed by atoms with van der Waals surface area (Å²) in [6.45, 7) is 0. The van der Waals surface area contributed by atoms with Crippen LogP contribution in [0.25, 0.3) is 43.7 Å². The zero-order valence-corrected chi connectivity index (χ0v) is 13.5. The van der Waals surface area contributed by atoms with E-state index < -0.39 is 0 Å². The number of para-hydroxylation sites is 1. The van der Waals surface area contributed by atoms with Crippen LogP contribution in [0.3, 0.4) is 0 Å². The number of fused-ring (bicyclic) bond motifs is 3. The number of rotatable bonds is 1. The summed E-state index contributed by atoms with van der Waals surface area (Å²) in [5.41, 5.74) is 4.09. The van der Waals surface area contributed by atoms with Crippen LogP contribution >= 0.6 is 0 Å². The minimum atomic E-state index is 0.235. The van der Waals surface area contributed by atoms with Crippen LogP contribution in [0.4, 0.5) is 0 Å². The Morgan fingerprint density at radius 2 is 1.32 bits per heavy atom. The van der Waals surface area contributed by atoms with Gasteiger partial charge in [0.15, 0.2) is 0 Å². The van der Waals surface area contributed by atoms with Crippen molar-refractivity contribution in [3.05, 3.63) is 84.9 Å². The van der Waals surface area contributed by atoms with Crippen molar-refractivity contribution >= 4 is 32.6 Å². The Morgan fingerprint density at radius 1 is 0.600 bits per heavy atom. The van der Waals surface area contributed by atoms with Crippen molar-refractivity contribution in [2.45, 2.75) is 0 Å². The molecule has 0 amide bonds. The number of pyridine rings is 1. The van der Waals surface area contributed by atoms with E-state index >= 15 is 0 Å². The Bertz CT molecular complexity index is 1250. The van der Waals surface area contributed by atoms with Crippen LogP contribution in [0.2, 0.25) is 0 Å². The summed E-state index contributed by atoms with van der Waals surface area (Å²) in [5.74, 6) is 0.235. The highest BCUT2D eigenvalue weighted by Crippen LogP contribution is 2.39. The first-order valence-electron chi connectivity index (χ1n) is 8.31. The number of benzene rings is 4. The van der Waals surface area contributed by atoms with Crippen LogP contribution in [0.1, 0.15) is 0 Å². The Morgan fingerprint density at radius 3 is 2.24 bits per heavy atom. The van der Waals surface area contributed by atoms with Gasteiger partial charge in [-0.25, -0.2) is 4.98 Å². The first kappa shape index (κ1) is 14.0. The molecule has 0 saturated carbocycles. The van der Waals surface area contributed by atoms with E-state index in [0.717, 1.165) is 27.4 Å². The molecular weight excluding hydrogens is 306 g/mol. The van der Waals surface area contributed by atoms with E-state index in [-0.39, 0.29) is 5.75 Å². The van der Waals surface area contributed by atoms with Gasteiger partial charge in [0.2, 0.25) is 0 Å². The van der Waals surface area contributed by atoms with Gasteiger partial charge in [0.05, 0.1) is 11.0 Å². The van der Waals surface area contributed by atoms with E-state index in [1.54, 1.807) is 12.1 Å². The minimum absolute atomic E-state index is 0.235. The third-order valence-corrected chi connectivity index (χ3v) is 4.72. The van der Waals surface area contributed by atoms with Crippen LogP contribution in [-0.2, 0) is 0 Å². The Kier molecular flexibility index (Phi) is 2.98. The summed E-state index contributed by atoms with van der Waals surface area (Å²) in [7, 11) is 0. The lowest BCUT2D eigenvalue weighted by molar-refractivity contribution is 0.476. The second-order valence-electron chi connectivity index (χ2n) is 6.23. The largest absolute Gasteiger partial charge is 0.508 e. The molecule has 0 bridgehead atoms. The van der Waals surface area contributed by atoms with Crippen LogP contribution in [-0.4, -0.2) is 10.1 Å². The van der Waals surface area contributed by atoms with E-state index in [9.17, 15) is 5.11 Å². The van der Waals surface area contributed by atoms with Gasteiger partial charge in [-0.15, -0.1) is 0 Å². The first-order valence-corrected chi connectivity index (χ1v) is 8.31. The number of nitrogens with zero attached hydrogens (tertiary/aromatic N) is 1. The smallest absolute Gasteiger partial charge is 0.117 e. The van der Waals surface area contributed by atoms with Gasteiger partial charge >= 0.3 is 0 Å². The van der Waals surface area contributed by atoms with E-state index in [0.29, 0.717) is 0 Å². The van der Waals surface area contributed by atoms with Gasteiger partial charge in [0.25, 0.3) is 0 Å². The first-order chi connectivity index (χ1) is 12.3. The number of aromatic hydroxyl groups is 1. The van der Waals surface area contributed by atoms with Gasteiger partial charge in [-0.1, -0.05) is 60.7 Å². The van der Waals surface area contributed by atoms with Crippen molar-refractivity contribution < 1.29 is 5.11 Å². The lowest BCUT2D eigenvalue weighted by Crippen LogP contribution is -1.90. The number of phenols is 1. The van der Waals surface area contributed by atoms with Crippen LogP contribution in [0, 0.1) is 0 Å². The quantitative estimate of drug-likeness (QED) is 0.389. The predicted octanol–water partition coefficient (Wildman–Crippen LogP) is 5.91. The molecule has 25 heavy (non-hydrogen) atoms. The van der Waals surface area contributed by atoms with Gasteiger partial charge < -0.3 is 5.11 Å². The normalized spacial score (nSPS) is 11.4. The molecule has 0 saturated heterocycles. The summed E-state index contributed by atoms with van der Waals surface area (Å²) < 4.78 is 0. The van der Waals surface area contributed by atoms with Crippen molar-refractivity contribution in [2.24, 2.45) is 0 Å². The number of hydrogen-bond acceptors (Lipinski definition) is 2.